The van der Waals surface area contributed by atoms with Crippen LogP contribution >= 0.6 is 0 Å². The van der Waals surface area contributed by atoms with Crippen molar-refractivity contribution in [3.8, 4) is 0 Å². The molecule has 0 radical (unpaired) electrons. The van der Waals surface area contributed by atoms with Gasteiger partial charge in [-0.25, -0.2) is 9.18 Å². The molecule has 5 rings (SSSR count). The summed E-state index contributed by atoms with van der Waals surface area (Å²) in [7, 11) is 1.49. The molecule has 4 atom stereocenters. The number of halogens is 1. The summed E-state index contributed by atoms with van der Waals surface area (Å²) >= 11 is -1.46. The number of nitrogens with zero attached hydrogens (tertiary/aromatic N) is 2. The smallest absolute Gasteiger partial charge is 0.408 e. The lowest BCUT2D eigenvalue weighted by Gasteiger charge is -2.42. The zero-order valence-electron chi connectivity index (χ0n) is 25.6. The molecule has 1 aliphatic carbocycles. The molecule has 2 fully saturated rings. The van der Waals surface area contributed by atoms with Gasteiger partial charge in [-0.15, -0.1) is 0 Å². The Morgan fingerprint density at radius 3 is 2.39 bits per heavy atom. The third kappa shape index (κ3) is 6.20. The average Bonchev–Trinajstić information content (AvgIpc) is 3.76. The first-order chi connectivity index (χ1) is 20.9. The maximum Gasteiger partial charge on any atom is 0.408 e. The molecule has 1 saturated heterocycles. The van der Waals surface area contributed by atoms with Crippen LogP contribution in [0.4, 0.5) is 14.9 Å². The molecular weight excluding hydrogens is 581 g/mol. The van der Waals surface area contributed by atoms with E-state index in [9.17, 15) is 19.2 Å². The van der Waals surface area contributed by atoms with Gasteiger partial charge in [0.05, 0.1) is 12.2 Å². The molecule has 2 amide bonds. The second kappa shape index (κ2) is 12.5. The Morgan fingerprint density at radius 1 is 1.11 bits per heavy atom. The van der Waals surface area contributed by atoms with Gasteiger partial charge in [0, 0.05) is 43.5 Å². The van der Waals surface area contributed by atoms with Gasteiger partial charge in [-0.3, -0.25) is 14.7 Å². The second-order valence-corrected chi connectivity index (χ2v) is 15.3. The highest BCUT2D eigenvalue weighted by Gasteiger charge is 2.53. The quantitative estimate of drug-likeness (QED) is 0.252. The van der Waals surface area contributed by atoms with E-state index in [1.54, 1.807) is 24.5 Å². The Hall–Kier alpha value is -3.47. The molecule has 8 nitrogen and oxygen atoms in total. The fourth-order valence-electron chi connectivity index (χ4n) is 6.33. The van der Waals surface area contributed by atoms with Crippen LogP contribution in [-0.4, -0.2) is 56.0 Å². The van der Waals surface area contributed by atoms with Gasteiger partial charge < -0.3 is 19.7 Å². The molecule has 3 aromatic rings. The number of likely N-dealkylation sites (tertiary alicyclic amines) is 1. The van der Waals surface area contributed by atoms with Crippen molar-refractivity contribution in [1.82, 2.24) is 9.88 Å². The van der Waals surface area contributed by atoms with Crippen molar-refractivity contribution in [3.05, 3.63) is 95.6 Å². The van der Waals surface area contributed by atoms with Gasteiger partial charge in [-0.2, -0.15) is 0 Å². The first-order valence-electron chi connectivity index (χ1n) is 14.9. The summed E-state index contributed by atoms with van der Waals surface area (Å²) in [5.41, 5.74) is 1.05. The molecule has 1 unspecified atom stereocenters. The number of benzene rings is 2. The molecule has 2 heterocycles. The average molecular weight is 622 g/mol. The van der Waals surface area contributed by atoms with Crippen molar-refractivity contribution in [2.45, 2.75) is 74.0 Å². The summed E-state index contributed by atoms with van der Waals surface area (Å²) in [4.78, 5) is 31.3. The third-order valence-electron chi connectivity index (χ3n) is 8.88. The summed E-state index contributed by atoms with van der Waals surface area (Å²) in [6.07, 6.45) is 5.82. The number of ether oxygens (including phenoxy) is 1. The van der Waals surface area contributed by atoms with Crippen molar-refractivity contribution in [3.63, 3.8) is 0 Å². The Morgan fingerprint density at radius 2 is 1.80 bits per heavy atom. The van der Waals surface area contributed by atoms with E-state index in [2.05, 4.69) is 10.3 Å². The van der Waals surface area contributed by atoms with Crippen LogP contribution in [0, 0.1) is 11.7 Å². The van der Waals surface area contributed by atoms with Crippen LogP contribution in [0.2, 0.25) is 0 Å². The van der Waals surface area contributed by atoms with E-state index >= 15 is 4.39 Å². The molecule has 44 heavy (non-hydrogen) atoms. The monoisotopic (exact) mass is 621 g/mol. The standard InChI is InChI=1S/C34H40FN3O5S/c1-32(2,3)44(42)34(17-14-23-10-11-23,25-15-18-36-19-16-25)26-12-13-27(35)28(20-26)37-30(39)29-21-33(43-4,22-38(29)31(40)41)24-8-6-5-7-9-24/h5-9,12-13,15-16,18-20,23,29H,10-11,14,17,21-22H2,1-4H3,(H,37,39)(H,40,41)/t29-,33-,34?,44+/m1/s1. The predicted octanol–water partition coefficient (Wildman–Crippen LogP) is 6.43. The number of pyridine rings is 1. The predicted molar refractivity (Wildman–Crippen MR) is 168 cm³/mol. The molecule has 2 N–H and O–H groups in total. The molecular formula is C34H40FN3O5S. The fraction of sp³-hybridized carbons (Fsp3) is 0.441. The number of hydrogen-bond acceptors (Lipinski definition) is 5. The van der Waals surface area contributed by atoms with Gasteiger partial charge in [-0.1, -0.05) is 49.2 Å². The van der Waals surface area contributed by atoms with Crippen molar-refractivity contribution in [2.24, 2.45) is 5.92 Å². The summed E-state index contributed by atoms with van der Waals surface area (Å²) in [5, 5.41) is 12.7. The molecule has 1 aliphatic heterocycles. The topological polar surface area (TPSA) is 115 Å². The largest absolute Gasteiger partial charge is 0.615 e. The van der Waals surface area contributed by atoms with E-state index in [1.807, 2.05) is 63.2 Å². The van der Waals surface area contributed by atoms with E-state index in [0.29, 0.717) is 17.9 Å². The van der Waals surface area contributed by atoms with Crippen LogP contribution in [0.3, 0.4) is 0 Å². The maximum atomic E-state index is 15.5. The third-order valence-corrected chi connectivity index (χ3v) is 11.3. The van der Waals surface area contributed by atoms with Gasteiger partial charge in [0.2, 0.25) is 5.91 Å². The number of aromatic nitrogens is 1. The number of methoxy groups -OCH3 is 1. The first kappa shape index (κ1) is 31.9. The first-order valence-corrected chi connectivity index (χ1v) is 16.1. The molecule has 0 bridgehead atoms. The molecule has 1 aromatic heterocycles. The van der Waals surface area contributed by atoms with Crippen LogP contribution in [0.25, 0.3) is 0 Å². The van der Waals surface area contributed by atoms with E-state index in [-0.39, 0.29) is 18.7 Å². The number of amides is 2. The molecule has 10 heteroatoms. The maximum absolute atomic E-state index is 15.5. The second-order valence-electron chi connectivity index (χ2n) is 12.8. The van der Waals surface area contributed by atoms with Crippen LogP contribution < -0.4 is 5.32 Å². The van der Waals surface area contributed by atoms with Crippen LogP contribution in [0.15, 0.2) is 73.1 Å². The number of carboxylic acid groups (broad SMARTS) is 1. The Bertz CT molecular complexity index is 1480. The SMILES string of the molecule is CO[C@]1(c2ccccc2)C[C@H](C(=O)Nc2cc(C(CCC3CC3)(c3ccncc3)[S@@+]([O-])C(C)(C)C)ccc2F)N(C(=O)O)C1. The molecule has 2 aliphatic rings. The zero-order valence-corrected chi connectivity index (χ0v) is 26.4. The lowest BCUT2D eigenvalue weighted by molar-refractivity contribution is -0.120. The van der Waals surface area contributed by atoms with Gasteiger partial charge in [0.1, 0.15) is 22.2 Å². The van der Waals surface area contributed by atoms with E-state index in [4.69, 9.17) is 4.74 Å². The summed E-state index contributed by atoms with van der Waals surface area (Å²) < 4.78 is 34.2. The lowest BCUT2D eigenvalue weighted by atomic mass is 9.85. The summed E-state index contributed by atoms with van der Waals surface area (Å²) in [5.74, 6) is -0.777. The van der Waals surface area contributed by atoms with Gasteiger partial charge in [-0.05, 0) is 74.1 Å². The van der Waals surface area contributed by atoms with Crippen molar-refractivity contribution >= 4 is 28.9 Å². The number of carbonyl (C=O) groups excluding carboxylic acids is 1. The van der Waals surface area contributed by atoms with Crippen LogP contribution in [-0.2, 0) is 31.1 Å². The number of hydrogen-bond donors (Lipinski definition) is 2. The van der Waals surface area contributed by atoms with Gasteiger partial charge in [0.15, 0.2) is 4.75 Å². The molecule has 2 aromatic carbocycles. The number of nitrogens with one attached hydrogen (secondary N) is 1. The van der Waals surface area contributed by atoms with Crippen molar-refractivity contribution in [2.75, 3.05) is 19.0 Å². The summed E-state index contributed by atoms with van der Waals surface area (Å²) in [6, 6.07) is 16.3. The molecule has 1 saturated carbocycles. The molecule has 0 spiro atoms. The van der Waals surface area contributed by atoms with E-state index in [0.717, 1.165) is 35.3 Å². The number of anilines is 1. The fourth-order valence-corrected chi connectivity index (χ4v) is 8.37. The highest BCUT2D eigenvalue weighted by Crippen LogP contribution is 2.50. The lowest BCUT2D eigenvalue weighted by Crippen LogP contribution is -2.47. The van der Waals surface area contributed by atoms with E-state index in [1.165, 1.54) is 13.2 Å². The normalized spacial score (nSPS) is 22.3. The minimum atomic E-state index is -1.46. The van der Waals surface area contributed by atoms with Gasteiger partial charge in [0.25, 0.3) is 0 Å². The highest BCUT2D eigenvalue weighted by atomic mass is 32.2. The Balaban J connectivity index is 1.53. The van der Waals surface area contributed by atoms with Crippen LogP contribution in [0.5, 0.6) is 0 Å². The minimum Gasteiger partial charge on any atom is -0.615 e. The van der Waals surface area contributed by atoms with Gasteiger partial charge >= 0.3 is 6.09 Å². The zero-order chi connectivity index (χ0) is 31.7. The van der Waals surface area contributed by atoms with Crippen LogP contribution in [0.1, 0.15) is 69.6 Å². The van der Waals surface area contributed by atoms with Crippen molar-refractivity contribution < 1.29 is 28.4 Å². The van der Waals surface area contributed by atoms with E-state index < -0.39 is 50.1 Å². The molecule has 234 valence electrons. The van der Waals surface area contributed by atoms with Crippen molar-refractivity contribution in [1.29, 1.82) is 0 Å². The Labute approximate surface area is 261 Å². The highest BCUT2D eigenvalue weighted by molar-refractivity contribution is 7.93. The summed E-state index contributed by atoms with van der Waals surface area (Å²) in [6.45, 7) is 5.73. The minimum absolute atomic E-state index is 0.0552. The Kier molecular flexibility index (Phi) is 9.07. The number of rotatable bonds is 10. The number of carbonyl (C=O) groups is 2.